The zero-order valence-electron chi connectivity index (χ0n) is 59.2. The summed E-state index contributed by atoms with van der Waals surface area (Å²) < 4.78 is 96.8. The van der Waals surface area contributed by atoms with Crippen LogP contribution in [0.15, 0.2) is 225 Å². The molecule has 0 bridgehead atoms. The van der Waals surface area contributed by atoms with Crippen molar-refractivity contribution in [3.8, 4) is 0 Å². The van der Waals surface area contributed by atoms with E-state index in [0.717, 1.165) is 23.6 Å². The summed E-state index contributed by atoms with van der Waals surface area (Å²) in [5.74, 6) is -4.89. The third kappa shape index (κ3) is 24.7. The van der Waals surface area contributed by atoms with Gasteiger partial charge in [-0.05, 0) is 71.5 Å². The molecule has 3 aliphatic rings. The SMILES string of the molecule is C=CCOC(=O)NCCCCCCO[C@@H]1O[C@H](COCc2ccccc2)[C@@H](O[C@@H]2O[C@H](COCc3ccccc3)[C@H](OCc3ccccc3)[C@H](O[C@@H]3O[C@H](COCc4ccccc4)[C@@H](OC(C)=O)[C@H](O)[C@H]3NC(=O)C(Cl)(Cl)Cl)[C@H]2OC(=O)c2ccccc2)[C@H](OC(=O)c2ccccc2)[C@H]1OC(=O)c1ccccc1. The Morgan fingerprint density at radius 2 is 0.852 bits per heavy atom. The minimum Gasteiger partial charge on any atom is -0.457 e. The number of alkyl carbamates (subject to hydrolysis) is 1. The number of alkyl halides is 3. The lowest BCUT2D eigenvalue weighted by Crippen LogP contribution is -2.70. The minimum absolute atomic E-state index is 0.00129. The van der Waals surface area contributed by atoms with Crippen LogP contribution in [0.2, 0.25) is 0 Å². The lowest BCUT2D eigenvalue weighted by atomic mass is 9.94. The van der Waals surface area contributed by atoms with Gasteiger partial charge in [-0.2, -0.15) is 0 Å². The number of halogens is 3. The molecule has 0 saturated carbocycles. The van der Waals surface area contributed by atoms with Gasteiger partial charge >= 0.3 is 30.0 Å². The minimum atomic E-state index is -2.69. The van der Waals surface area contributed by atoms with Gasteiger partial charge in [-0.25, -0.2) is 19.2 Å². The van der Waals surface area contributed by atoms with Crippen LogP contribution < -0.4 is 10.6 Å². The van der Waals surface area contributed by atoms with Crippen LogP contribution in [0.3, 0.4) is 0 Å². The Morgan fingerprint density at radius 3 is 1.31 bits per heavy atom. The molecule has 0 radical (unpaired) electrons. The van der Waals surface area contributed by atoms with E-state index in [9.17, 15) is 24.3 Å². The van der Waals surface area contributed by atoms with Crippen molar-refractivity contribution in [1.82, 2.24) is 10.6 Å². The summed E-state index contributed by atoms with van der Waals surface area (Å²) in [5, 5.41) is 18.0. The van der Waals surface area contributed by atoms with Crippen molar-refractivity contribution in [1.29, 1.82) is 0 Å². The Bertz CT molecular complexity index is 3900. The molecule has 0 unspecified atom stereocenters. The van der Waals surface area contributed by atoms with Gasteiger partial charge in [0.25, 0.3) is 9.70 Å². The molecule has 0 aliphatic carbocycles. The van der Waals surface area contributed by atoms with Gasteiger partial charge < -0.3 is 86.8 Å². The van der Waals surface area contributed by atoms with Gasteiger partial charge in [0, 0.05) is 20.1 Å². The highest BCUT2D eigenvalue weighted by Crippen LogP contribution is 2.40. The summed E-state index contributed by atoms with van der Waals surface area (Å²) in [7, 11) is 0. The molecule has 3 N–H and O–H groups in total. The zero-order valence-corrected chi connectivity index (χ0v) is 61.5. The van der Waals surface area contributed by atoms with Crippen molar-refractivity contribution < 1.29 is 105 Å². The number of esters is 4. The molecule has 108 heavy (non-hydrogen) atoms. The highest BCUT2D eigenvalue weighted by molar-refractivity contribution is 6.76. The summed E-state index contributed by atoms with van der Waals surface area (Å²) in [6.07, 6.45) is -20.3. The van der Waals surface area contributed by atoms with Crippen molar-refractivity contribution in [3.05, 3.63) is 264 Å². The number of aliphatic hydroxyl groups is 1. The van der Waals surface area contributed by atoms with Crippen LogP contribution in [0.4, 0.5) is 4.79 Å². The van der Waals surface area contributed by atoms with Gasteiger partial charge in [0.2, 0.25) is 0 Å². The predicted molar refractivity (Wildman–Crippen MR) is 394 cm³/mol. The van der Waals surface area contributed by atoms with Crippen molar-refractivity contribution in [2.75, 3.05) is 39.6 Å². The van der Waals surface area contributed by atoms with Crippen LogP contribution >= 0.6 is 34.8 Å². The Labute approximate surface area is 641 Å². The van der Waals surface area contributed by atoms with Gasteiger partial charge in [-0.15, -0.1) is 0 Å². The number of ether oxygens (including phenoxy) is 15. The molecule has 0 aromatic heterocycles. The Hall–Kier alpha value is -8.67. The molecule has 3 aliphatic heterocycles. The van der Waals surface area contributed by atoms with E-state index in [1.165, 1.54) is 42.5 Å². The fourth-order valence-corrected chi connectivity index (χ4v) is 12.4. The fraction of sp³-hybridized carbons (Fsp3) is 0.383. The molecule has 3 fully saturated rings. The molecule has 24 nitrogen and oxygen atoms in total. The standard InChI is InChI=1S/C81H87Cl3N2O22/c1-3-44-98-80(93)85-43-27-4-5-28-45-97-77-71(105-74(90)59-39-23-11-24-40-59)70(104-73(89)58-37-21-10-22-38-58)68(63(102-77)52-96-48-56-33-17-8-18-34-56)107-78-72(106-75(91)60-41-25-12-26-42-60)69(67(99-49-57-35-19-9-20-36-57)62(103-78)51-95-47-55-31-15-7-16-32-55)108-76-64(86-79(92)81(82,83)84)65(88)66(100-53(2)87)61(101-76)50-94-46-54-29-13-6-14-30-54/h3,6-26,29-42,61-72,76-78,88H,1,4-5,27-28,43-52H2,2H3,(H,85,93)(H,86,92)/t61-,62-,63-,64-,65-,66-,67+,68-,69+,70+,71-,72-,76+,77-,78+/m1/s1. The predicted octanol–water partition coefficient (Wildman–Crippen LogP) is 11.5. The van der Waals surface area contributed by atoms with Gasteiger partial charge in [0.15, 0.2) is 43.3 Å². The summed E-state index contributed by atoms with van der Waals surface area (Å²) in [4.78, 5) is 84.6. The second-order valence-electron chi connectivity index (χ2n) is 25.5. The number of rotatable bonds is 37. The first-order chi connectivity index (χ1) is 52.5. The van der Waals surface area contributed by atoms with Crippen LogP contribution in [0.25, 0.3) is 0 Å². The van der Waals surface area contributed by atoms with Crippen molar-refractivity contribution in [3.63, 3.8) is 0 Å². The molecule has 7 aromatic carbocycles. The molecule has 10 rings (SSSR count). The smallest absolute Gasteiger partial charge is 0.407 e. The van der Waals surface area contributed by atoms with Crippen LogP contribution in [0.5, 0.6) is 0 Å². The first-order valence-corrected chi connectivity index (χ1v) is 36.5. The summed E-state index contributed by atoms with van der Waals surface area (Å²) >= 11 is 18.8. The molecular weight excluding hydrogens is 1460 g/mol. The number of carbonyl (C=O) groups is 6. The fourth-order valence-electron chi connectivity index (χ4n) is 12.2. The van der Waals surface area contributed by atoms with Crippen LogP contribution in [-0.2, 0) is 107 Å². The second kappa shape index (κ2) is 42.3. The molecular formula is C81H87Cl3N2O22. The number of unbranched alkanes of at least 4 members (excludes halogenated alkanes) is 3. The van der Waals surface area contributed by atoms with Gasteiger partial charge in [0.05, 0.1) is 62.9 Å². The second-order valence-corrected chi connectivity index (χ2v) is 27.7. The highest BCUT2D eigenvalue weighted by atomic mass is 35.6. The van der Waals surface area contributed by atoms with E-state index in [2.05, 4.69) is 17.2 Å². The lowest BCUT2D eigenvalue weighted by molar-refractivity contribution is -0.378. The Balaban J connectivity index is 1.12. The third-order valence-electron chi connectivity index (χ3n) is 17.5. The number of nitrogens with one attached hydrogen (secondary N) is 2. The molecule has 7 aromatic rings. The van der Waals surface area contributed by atoms with Crippen LogP contribution in [0.1, 0.15) is 85.9 Å². The number of benzene rings is 7. The summed E-state index contributed by atoms with van der Waals surface area (Å²) in [6, 6.07) is 58.8. The number of amides is 2. The quantitative estimate of drug-likeness (QED) is 0.0107. The maximum Gasteiger partial charge on any atom is 0.407 e. The van der Waals surface area contributed by atoms with E-state index in [4.69, 9.17) is 106 Å². The van der Waals surface area contributed by atoms with Crippen molar-refractivity contribution in [2.45, 2.75) is 155 Å². The number of hydrogen-bond acceptors (Lipinski definition) is 22. The molecule has 0 spiro atoms. The average Bonchev–Trinajstić information content (AvgIpc) is 0.759. The average molecular weight is 1550 g/mol. The van der Waals surface area contributed by atoms with Crippen molar-refractivity contribution >= 4 is 70.7 Å². The molecule has 3 saturated heterocycles. The van der Waals surface area contributed by atoms with E-state index >= 15 is 9.59 Å². The van der Waals surface area contributed by atoms with Crippen molar-refractivity contribution in [2.24, 2.45) is 0 Å². The first kappa shape index (κ1) is 81.8. The molecule has 15 atom stereocenters. The monoisotopic (exact) mass is 1540 g/mol. The Morgan fingerprint density at radius 1 is 0.454 bits per heavy atom. The summed E-state index contributed by atoms with van der Waals surface area (Å²) in [6.45, 7) is 3.87. The third-order valence-corrected chi connectivity index (χ3v) is 18.0. The molecule has 3 heterocycles. The maximum absolute atomic E-state index is 15.3. The topological polar surface area (TPSA) is 285 Å². The number of carbonyl (C=O) groups excluding carboxylic acids is 6. The van der Waals surface area contributed by atoms with E-state index < -0.39 is 132 Å². The van der Waals surface area contributed by atoms with Gasteiger partial charge in [0.1, 0.15) is 55.4 Å². The first-order valence-electron chi connectivity index (χ1n) is 35.4. The molecule has 574 valence electrons. The van der Waals surface area contributed by atoms with Crippen LogP contribution in [0, 0.1) is 0 Å². The number of hydrogen-bond donors (Lipinski definition) is 3. The van der Waals surface area contributed by atoms with Gasteiger partial charge in [-0.1, -0.05) is 236 Å². The molecule has 27 heteroatoms. The Kier molecular flexibility index (Phi) is 32.1. The van der Waals surface area contributed by atoms with E-state index in [0.29, 0.717) is 37.8 Å². The lowest BCUT2D eigenvalue weighted by Gasteiger charge is -2.51. The molecule has 2 amide bonds. The van der Waals surface area contributed by atoms with E-state index in [1.54, 1.807) is 66.7 Å². The zero-order chi connectivity index (χ0) is 76.0. The normalized spacial score (nSPS) is 24.1. The van der Waals surface area contributed by atoms with Gasteiger partial charge in [-0.3, -0.25) is 9.59 Å². The van der Waals surface area contributed by atoms with E-state index in [1.807, 2.05) is 109 Å². The maximum atomic E-state index is 15.3. The van der Waals surface area contributed by atoms with Crippen LogP contribution in [-0.4, -0.2) is 176 Å². The highest BCUT2D eigenvalue weighted by Gasteiger charge is 2.59. The van der Waals surface area contributed by atoms with E-state index in [-0.39, 0.29) is 76.2 Å². The number of aliphatic hydroxyl groups excluding tert-OH is 1. The summed E-state index contributed by atoms with van der Waals surface area (Å²) in [5.41, 5.74) is 3.12. The largest absolute Gasteiger partial charge is 0.457 e.